The number of alkyl halides is 3. The Kier molecular flexibility index (Phi) is 3.75. The van der Waals surface area contributed by atoms with E-state index in [4.69, 9.17) is 4.74 Å². The summed E-state index contributed by atoms with van der Waals surface area (Å²) < 4.78 is 42.8. The largest absolute Gasteiger partial charge is 0.416 e. The van der Waals surface area contributed by atoms with E-state index in [1.54, 1.807) is 0 Å². The number of nitrogens with zero attached hydrogens (tertiary/aromatic N) is 1. The maximum absolute atomic E-state index is 12.5. The molecule has 100 valence electrons. The lowest BCUT2D eigenvalue weighted by molar-refractivity contribution is -0.137. The predicted octanol–water partition coefficient (Wildman–Crippen LogP) is 3.08. The van der Waals surface area contributed by atoms with Crippen LogP contribution in [0.4, 0.5) is 19.0 Å². The molecule has 6 heteroatoms. The average Bonchev–Trinajstić information content (AvgIpc) is 2.26. The molecule has 0 spiro atoms. The van der Waals surface area contributed by atoms with Gasteiger partial charge in [-0.2, -0.15) is 13.2 Å². The molecule has 1 aromatic rings. The molecule has 0 saturated heterocycles. The SMILES string of the molecule is CCOC1CC(Nc2cc(C(F)(F)F)ccn2)C1. The van der Waals surface area contributed by atoms with Crippen LogP contribution < -0.4 is 5.32 Å². The lowest BCUT2D eigenvalue weighted by Crippen LogP contribution is -2.41. The van der Waals surface area contributed by atoms with Crippen molar-refractivity contribution in [2.45, 2.75) is 38.1 Å². The molecule has 0 amide bonds. The zero-order chi connectivity index (χ0) is 13.2. The zero-order valence-corrected chi connectivity index (χ0v) is 10.00. The van der Waals surface area contributed by atoms with E-state index < -0.39 is 11.7 Å². The Hall–Kier alpha value is -1.30. The lowest BCUT2D eigenvalue weighted by Gasteiger charge is -2.35. The highest BCUT2D eigenvalue weighted by atomic mass is 19.4. The van der Waals surface area contributed by atoms with Gasteiger partial charge in [0.25, 0.3) is 0 Å². The van der Waals surface area contributed by atoms with Crippen LogP contribution >= 0.6 is 0 Å². The highest BCUT2D eigenvalue weighted by Gasteiger charge is 2.32. The number of pyridine rings is 1. The van der Waals surface area contributed by atoms with Gasteiger partial charge in [0, 0.05) is 18.8 Å². The first-order chi connectivity index (χ1) is 8.49. The van der Waals surface area contributed by atoms with Gasteiger partial charge in [0.2, 0.25) is 0 Å². The minimum absolute atomic E-state index is 0.150. The Balaban J connectivity index is 1.91. The maximum Gasteiger partial charge on any atom is 0.416 e. The quantitative estimate of drug-likeness (QED) is 0.903. The maximum atomic E-state index is 12.5. The molecule has 1 saturated carbocycles. The third-order valence-corrected chi connectivity index (χ3v) is 2.94. The van der Waals surface area contributed by atoms with Gasteiger partial charge in [-0.25, -0.2) is 4.98 Å². The minimum atomic E-state index is -4.33. The molecule has 1 aromatic heterocycles. The highest BCUT2D eigenvalue weighted by Crippen LogP contribution is 2.31. The van der Waals surface area contributed by atoms with Gasteiger partial charge in [-0.1, -0.05) is 0 Å². The molecule has 18 heavy (non-hydrogen) atoms. The Bertz CT molecular complexity index is 403. The highest BCUT2D eigenvalue weighted by molar-refractivity contribution is 5.40. The number of anilines is 1. The predicted molar refractivity (Wildman–Crippen MR) is 61.3 cm³/mol. The lowest BCUT2D eigenvalue weighted by atomic mass is 9.89. The van der Waals surface area contributed by atoms with E-state index in [1.165, 1.54) is 6.20 Å². The van der Waals surface area contributed by atoms with Crippen LogP contribution in [0.1, 0.15) is 25.3 Å². The summed E-state index contributed by atoms with van der Waals surface area (Å²) in [4.78, 5) is 3.89. The molecule has 0 aromatic carbocycles. The molecule has 1 fully saturated rings. The van der Waals surface area contributed by atoms with Gasteiger partial charge < -0.3 is 10.1 Å². The van der Waals surface area contributed by atoms with Crippen molar-refractivity contribution in [1.29, 1.82) is 0 Å². The van der Waals surface area contributed by atoms with E-state index in [0.717, 1.165) is 25.0 Å². The molecule has 2 rings (SSSR count). The van der Waals surface area contributed by atoms with E-state index in [0.29, 0.717) is 6.61 Å². The fourth-order valence-electron chi connectivity index (χ4n) is 1.95. The fourth-order valence-corrected chi connectivity index (χ4v) is 1.95. The molecule has 1 aliphatic rings. The third kappa shape index (κ3) is 3.13. The summed E-state index contributed by atoms with van der Waals surface area (Å²) in [5, 5.41) is 2.99. The van der Waals surface area contributed by atoms with Crippen LogP contribution in [0.5, 0.6) is 0 Å². The van der Waals surface area contributed by atoms with Crippen molar-refractivity contribution in [3.63, 3.8) is 0 Å². The molecule has 1 N–H and O–H groups in total. The number of aromatic nitrogens is 1. The van der Waals surface area contributed by atoms with Crippen molar-refractivity contribution >= 4 is 5.82 Å². The van der Waals surface area contributed by atoms with Gasteiger partial charge in [0.05, 0.1) is 11.7 Å². The Morgan fingerprint density at radius 3 is 2.78 bits per heavy atom. The minimum Gasteiger partial charge on any atom is -0.378 e. The summed E-state index contributed by atoms with van der Waals surface area (Å²) in [6.07, 6.45) is -1.31. The van der Waals surface area contributed by atoms with E-state index in [-0.39, 0.29) is 18.0 Å². The number of halogens is 3. The van der Waals surface area contributed by atoms with E-state index in [9.17, 15) is 13.2 Å². The zero-order valence-electron chi connectivity index (χ0n) is 10.00. The molecule has 0 bridgehead atoms. The van der Waals surface area contributed by atoms with Gasteiger partial charge in [-0.3, -0.25) is 0 Å². The van der Waals surface area contributed by atoms with Gasteiger partial charge in [-0.15, -0.1) is 0 Å². The van der Waals surface area contributed by atoms with Gasteiger partial charge in [-0.05, 0) is 31.9 Å². The topological polar surface area (TPSA) is 34.1 Å². The van der Waals surface area contributed by atoms with Crippen molar-refractivity contribution < 1.29 is 17.9 Å². The molecule has 0 unspecified atom stereocenters. The average molecular weight is 260 g/mol. The summed E-state index contributed by atoms with van der Waals surface area (Å²) in [5.41, 5.74) is -0.680. The first-order valence-electron chi connectivity index (χ1n) is 5.90. The monoisotopic (exact) mass is 260 g/mol. The van der Waals surface area contributed by atoms with Crippen LogP contribution in [0.15, 0.2) is 18.3 Å². The second kappa shape index (κ2) is 5.14. The summed E-state index contributed by atoms with van der Waals surface area (Å²) in [6, 6.07) is 2.15. The van der Waals surface area contributed by atoms with Crippen LogP contribution in [0.3, 0.4) is 0 Å². The molecule has 1 heterocycles. The summed E-state index contributed by atoms with van der Waals surface area (Å²) in [6.45, 7) is 2.59. The van der Waals surface area contributed by atoms with Crippen molar-refractivity contribution in [2.24, 2.45) is 0 Å². The summed E-state index contributed by atoms with van der Waals surface area (Å²) in [5.74, 6) is 0.268. The number of rotatable bonds is 4. The second-order valence-electron chi connectivity index (χ2n) is 4.32. The van der Waals surface area contributed by atoms with E-state index >= 15 is 0 Å². The first-order valence-corrected chi connectivity index (χ1v) is 5.90. The smallest absolute Gasteiger partial charge is 0.378 e. The van der Waals surface area contributed by atoms with Gasteiger partial charge in [0.15, 0.2) is 0 Å². The van der Waals surface area contributed by atoms with Crippen molar-refractivity contribution in [2.75, 3.05) is 11.9 Å². The van der Waals surface area contributed by atoms with Crippen LogP contribution in [-0.2, 0) is 10.9 Å². The van der Waals surface area contributed by atoms with Gasteiger partial charge >= 0.3 is 6.18 Å². The van der Waals surface area contributed by atoms with E-state index in [1.807, 2.05) is 6.92 Å². The standard InChI is InChI=1S/C12H15F3N2O/c1-2-18-10-6-9(7-10)17-11-5-8(3-4-16-11)12(13,14)15/h3-5,9-10H,2,6-7H2,1H3,(H,16,17). The summed E-state index contributed by atoms with van der Waals surface area (Å²) in [7, 11) is 0. The molecular weight excluding hydrogens is 245 g/mol. The summed E-state index contributed by atoms with van der Waals surface area (Å²) >= 11 is 0. The van der Waals surface area contributed by atoms with E-state index in [2.05, 4.69) is 10.3 Å². The fraction of sp³-hybridized carbons (Fsp3) is 0.583. The Morgan fingerprint density at radius 1 is 1.44 bits per heavy atom. The number of hydrogen-bond donors (Lipinski definition) is 1. The molecule has 1 aliphatic carbocycles. The number of nitrogens with one attached hydrogen (secondary N) is 1. The third-order valence-electron chi connectivity index (χ3n) is 2.94. The molecule has 0 aliphatic heterocycles. The first kappa shape index (κ1) is 13.1. The van der Waals surface area contributed by atoms with Crippen molar-refractivity contribution in [3.05, 3.63) is 23.9 Å². The van der Waals surface area contributed by atoms with Crippen LogP contribution in [0.2, 0.25) is 0 Å². The molecule has 0 radical (unpaired) electrons. The van der Waals surface area contributed by atoms with Crippen molar-refractivity contribution in [3.8, 4) is 0 Å². The molecular formula is C12H15F3N2O. The molecule has 3 nitrogen and oxygen atoms in total. The Morgan fingerprint density at radius 2 is 2.17 bits per heavy atom. The number of ether oxygens (including phenoxy) is 1. The van der Waals surface area contributed by atoms with Crippen LogP contribution in [0, 0.1) is 0 Å². The number of hydrogen-bond acceptors (Lipinski definition) is 3. The van der Waals surface area contributed by atoms with Crippen LogP contribution in [-0.4, -0.2) is 23.7 Å². The van der Waals surface area contributed by atoms with Gasteiger partial charge in [0.1, 0.15) is 5.82 Å². The van der Waals surface area contributed by atoms with Crippen LogP contribution in [0.25, 0.3) is 0 Å². The van der Waals surface area contributed by atoms with Crippen molar-refractivity contribution in [1.82, 2.24) is 4.98 Å². The second-order valence-corrected chi connectivity index (χ2v) is 4.32. The Labute approximate surface area is 103 Å². The normalized spacial score (nSPS) is 23.6. The molecule has 0 atom stereocenters.